The summed E-state index contributed by atoms with van der Waals surface area (Å²) in [4.78, 5) is 28.8. The maximum absolute atomic E-state index is 12.7. The van der Waals surface area contributed by atoms with Gasteiger partial charge in [0.05, 0.1) is 12.7 Å². The second kappa shape index (κ2) is 10.1. The molecule has 0 N–H and O–H groups in total. The largest absolute Gasteiger partial charge is 0.465 e. The zero-order valence-electron chi connectivity index (χ0n) is 18.4. The van der Waals surface area contributed by atoms with E-state index in [0.29, 0.717) is 23.8 Å². The van der Waals surface area contributed by atoms with Crippen LogP contribution in [0.2, 0.25) is 0 Å². The van der Waals surface area contributed by atoms with Gasteiger partial charge in [-0.2, -0.15) is 0 Å². The summed E-state index contributed by atoms with van der Waals surface area (Å²) in [5, 5.41) is 0. The molecular weight excluding hydrogens is 388 g/mol. The van der Waals surface area contributed by atoms with Crippen molar-refractivity contribution in [3.8, 4) is 0 Å². The lowest BCUT2D eigenvalue weighted by atomic mass is 9.91. The van der Waals surface area contributed by atoms with Gasteiger partial charge in [0.2, 0.25) is 5.91 Å². The number of ether oxygens (including phenoxy) is 1. The summed E-state index contributed by atoms with van der Waals surface area (Å²) in [7, 11) is 1.40. The summed E-state index contributed by atoms with van der Waals surface area (Å²) >= 11 is 0. The molecule has 164 valence electrons. The molecule has 5 heteroatoms. The van der Waals surface area contributed by atoms with Crippen LogP contribution in [0.1, 0.15) is 52.7 Å². The molecule has 1 fully saturated rings. The fourth-order valence-corrected chi connectivity index (χ4v) is 4.75. The van der Waals surface area contributed by atoms with Crippen LogP contribution in [0, 0.1) is 5.92 Å². The Bertz CT molecular complexity index is 901. The van der Waals surface area contributed by atoms with Crippen LogP contribution in [0.25, 0.3) is 0 Å². The number of nitrogens with zero attached hydrogens (tertiary/aromatic N) is 2. The first-order chi connectivity index (χ1) is 15.1. The normalized spacial score (nSPS) is 17.3. The van der Waals surface area contributed by atoms with E-state index in [4.69, 9.17) is 4.74 Å². The zero-order valence-corrected chi connectivity index (χ0v) is 18.4. The molecule has 0 aliphatic carbocycles. The number of likely N-dealkylation sites (tertiary alicyclic amines) is 1. The first-order valence-corrected chi connectivity index (χ1v) is 11.4. The van der Waals surface area contributed by atoms with Crippen molar-refractivity contribution >= 4 is 11.9 Å². The predicted molar refractivity (Wildman–Crippen MR) is 121 cm³/mol. The number of amides is 1. The minimum Gasteiger partial charge on any atom is -0.465 e. The van der Waals surface area contributed by atoms with Crippen molar-refractivity contribution in [1.82, 2.24) is 9.80 Å². The second-order valence-corrected chi connectivity index (χ2v) is 8.78. The number of benzene rings is 2. The molecule has 31 heavy (non-hydrogen) atoms. The fraction of sp³-hybridized carbons (Fsp3) is 0.462. The Labute approximate surface area is 185 Å². The number of methoxy groups -OCH3 is 1. The third-order valence-electron chi connectivity index (χ3n) is 6.74. The molecule has 2 aliphatic heterocycles. The van der Waals surface area contributed by atoms with Crippen LogP contribution < -0.4 is 0 Å². The van der Waals surface area contributed by atoms with E-state index in [1.54, 1.807) is 0 Å². The molecule has 2 aromatic carbocycles. The highest BCUT2D eigenvalue weighted by Gasteiger charge is 2.23. The van der Waals surface area contributed by atoms with E-state index in [1.165, 1.54) is 23.8 Å². The number of carbonyl (C=O) groups is 2. The molecule has 2 aliphatic rings. The molecule has 0 aromatic heterocycles. The quantitative estimate of drug-likeness (QED) is 0.662. The van der Waals surface area contributed by atoms with Gasteiger partial charge in [0, 0.05) is 26.1 Å². The maximum atomic E-state index is 12.7. The third kappa shape index (κ3) is 5.53. The van der Waals surface area contributed by atoms with Gasteiger partial charge in [0.25, 0.3) is 0 Å². The lowest BCUT2D eigenvalue weighted by Gasteiger charge is -2.33. The Balaban J connectivity index is 1.18. The molecule has 0 bridgehead atoms. The van der Waals surface area contributed by atoms with Gasteiger partial charge in [-0.1, -0.05) is 36.4 Å². The molecule has 2 heterocycles. The van der Waals surface area contributed by atoms with E-state index in [1.807, 2.05) is 29.2 Å². The zero-order chi connectivity index (χ0) is 21.6. The van der Waals surface area contributed by atoms with Crippen molar-refractivity contribution < 1.29 is 14.3 Å². The smallest absolute Gasteiger partial charge is 0.337 e. The summed E-state index contributed by atoms with van der Waals surface area (Å²) in [5.41, 5.74) is 4.49. The van der Waals surface area contributed by atoms with Gasteiger partial charge in [0.1, 0.15) is 0 Å². The van der Waals surface area contributed by atoms with Gasteiger partial charge in [-0.15, -0.1) is 0 Å². The predicted octanol–water partition coefficient (Wildman–Crippen LogP) is 4.05. The second-order valence-electron chi connectivity index (χ2n) is 8.78. The van der Waals surface area contributed by atoms with Gasteiger partial charge < -0.3 is 9.64 Å². The maximum Gasteiger partial charge on any atom is 0.337 e. The first kappa shape index (κ1) is 21.6. The average molecular weight is 421 g/mol. The van der Waals surface area contributed by atoms with Gasteiger partial charge in [-0.25, -0.2) is 4.79 Å². The van der Waals surface area contributed by atoms with Crippen LogP contribution >= 0.6 is 0 Å². The van der Waals surface area contributed by atoms with Crippen LogP contribution in [0.4, 0.5) is 0 Å². The van der Waals surface area contributed by atoms with Gasteiger partial charge in [-0.05, 0) is 73.5 Å². The van der Waals surface area contributed by atoms with Crippen LogP contribution in [0.3, 0.4) is 0 Å². The van der Waals surface area contributed by atoms with Gasteiger partial charge >= 0.3 is 5.97 Å². The molecule has 0 spiro atoms. The molecule has 0 atom stereocenters. The van der Waals surface area contributed by atoms with Crippen molar-refractivity contribution in [3.63, 3.8) is 0 Å². The Morgan fingerprint density at radius 3 is 2.39 bits per heavy atom. The van der Waals surface area contributed by atoms with Gasteiger partial charge in [-0.3, -0.25) is 9.69 Å². The minimum atomic E-state index is -0.296. The molecule has 0 radical (unpaired) electrons. The van der Waals surface area contributed by atoms with Crippen LogP contribution in [-0.2, 0) is 29.0 Å². The molecule has 0 saturated carbocycles. The monoisotopic (exact) mass is 420 g/mol. The Hall–Kier alpha value is -2.66. The third-order valence-corrected chi connectivity index (χ3v) is 6.74. The lowest BCUT2D eigenvalue weighted by Crippen LogP contribution is -2.37. The van der Waals surface area contributed by atoms with E-state index in [9.17, 15) is 9.59 Å². The Morgan fingerprint density at radius 2 is 1.68 bits per heavy atom. The van der Waals surface area contributed by atoms with E-state index >= 15 is 0 Å². The SMILES string of the molecule is COC(=O)c1ccc(CN2CCC(CCC(=O)N3CCc4ccccc4C3)CC2)cc1. The average Bonchev–Trinajstić information content (AvgIpc) is 2.83. The molecule has 1 saturated heterocycles. The van der Waals surface area contributed by atoms with E-state index < -0.39 is 0 Å². The standard InChI is InChI=1S/C26H32N2O3/c1-31-26(30)23-9-6-21(7-10-23)18-27-15-12-20(13-16-27)8-11-25(29)28-17-14-22-4-2-3-5-24(22)19-28/h2-7,9-10,20H,8,11-19H2,1H3. The highest BCUT2D eigenvalue weighted by molar-refractivity contribution is 5.89. The molecular formula is C26H32N2O3. The van der Waals surface area contributed by atoms with Crippen molar-refractivity contribution in [2.45, 2.75) is 45.2 Å². The number of carbonyl (C=O) groups excluding carboxylic acids is 2. The first-order valence-electron chi connectivity index (χ1n) is 11.4. The summed E-state index contributed by atoms with van der Waals surface area (Å²) in [6.07, 6.45) is 4.94. The van der Waals surface area contributed by atoms with E-state index in [0.717, 1.165) is 58.4 Å². The van der Waals surface area contributed by atoms with Crippen LogP contribution in [-0.4, -0.2) is 48.4 Å². The van der Waals surface area contributed by atoms with Crippen LogP contribution in [0.15, 0.2) is 48.5 Å². The number of hydrogen-bond donors (Lipinski definition) is 0. The number of piperidine rings is 1. The number of hydrogen-bond acceptors (Lipinski definition) is 4. The summed E-state index contributed by atoms with van der Waals surface area (Å²) in [6, 6.07) is 16.2. The minimum absolute atomic E-state index is 0.296. The highest BCUT2D eigenvalue weighted by Crippen LogP contribution is 2.25. The van der Waals surface area contributed by atoms with E-state index in [-0.39, 0.29) is 5.97 Å². The molecule has 1 amide bonds. The Morgan fingerprint density at radius 1 is 0.968 bits per heavy atom. The molecule has 2 aromatic rings. The summed E-state index contributed by atoms with van der Waals surface area (Å²) in [6.45, 7) is 4.65. The van der Waals surface area contributed by atoms with Crippen LogP contribution in [0.5, 0.6) is 0 Å². The summed E-state index contributed by atoms with van der Waals surface area (Å²) in [5.74, 6) is 0.650. The van der Waals surface area contributed by atoms with Crippen molar-refractivity contribution in [3.05, 3.63) is 70.8 Å². The Kier molecular flexibility index (Phi) is 7.03. The van der Waals surface area contributed by atoms with Crippen molar-refractivity contribution in [2.24, 2.45) is 5.92 Å². The van der Waals surface area contributed by atoms with Crippen molar-refractivity contribution in [1.29, 1.82) is 0 Å². The summed E-state index contributed by atoms with van der Waals surface area (Å²) < 4.78 is 4.76. The lowest BCUT2D eigenvalue weighted by molar-refractivity contribution is -0.132. The highest BCUT2D eigenvalue weighted by atomic mass is 16.5. The molecule has 4 rings (SSSR count). The number of esters is 1. The van der Waals surface area contributed by atoms with Crippen molar-refractivity contribution in [2.75, 3.05) is 26.7 Å². The molecule has 0 unspecified atom stereocenters. The number of rotatable bonds is 6. The van der Waals surface area contributed by atoms with Gasteiger partial charge in [0.15, 0.2) is 0 Å². The van der Waals surface area contributed by atoms with E-state index in [2.05, 4.69) is 29.2 Å². The topological polar surface area (TPSA) is 49.9 Å². The fourth-order valence-electron chi connectivity index (χ4n) is 4.75. The number of fused-ring (bicyclic) bond motifs is 1. The molecule has 5 nitrogen and oxygen atoms in total.